The number of nitrogens with zero attached hydrogens (tertiary/aromatic N) is 2. The van der Waals surface area contributed by atoms with Crippen LogP contribution >= 0.6 is 0 Å². The van der Waals surface area contributed by atoms with Crippen LogP contribution in [-0.2, 0) is 19.2 Å². The predicted octanol–water partition coefficient (Wildman–Crippen LogP) is -1.30. The van der Waals surface area contributed by atoms with Crippen molar-refractivity contribution in [2.24, 2.45) is 5.73 Å². The summed E-state index contributed by atoms with van der Waals surface area (Å²) in [6.07, 6.45) is 0.334. The number of carbonyl (C=O) groups excluding carboxylic acids is 4. The van der Waals surface area contributed by atoms with E-state index in [9.17, 15) is 24.0 Å². The lowest BCUT2D eigenvalue weighted by atomic mass is 10.1. The molecule has 0 spiro atoms. The second-order valence-electron chi connectivity index (χ2n) is 6.53. The fourth-order valence-electron chi connectivity index (χ4n) is 3.17. The van der Waals surface area contributed by atoms with Crippen LogP contribution in [0.2, 0.25) is 0 Å². The lowest BCUT2D eigenvalue weighted by Gasteiger charge is -2.24. The number of benzene rings is 1. The molecule has 1 fully saturated rings. The van der Waals surface area contributed by atoms with Crippen molar-refractivity contribution in [2.45, 2.75) is 25.8 Å². The van der Waals surface area contributed by atoms with Crippen LogP contribution in [0, 0.1) is 6.92 Å². The molecular formula is C18H20N6O5. The van der Waals surface area contributed by atoms with E-state index in [0.29, 0.717) is 5.69 Å². The number of amides is 4. The maximum atomic E-state index is 13.0. The lowest BCUT2D eigenvalue weighted by molar-refractivity contribution is -0.135. The molecule has 1 atom stereocenters. The normalized spacial score (nSPS) is 16.4. The third-order valence-electron chi connectivity index (χ3n) is 4.53. The summed E-state index contributed by atoms with van der Waals surface area (Å²) in [5, 5.41) is 7.40. The van der Waals surface area contributed by atoms with E-state index >= 15 is 0 Å². The number of imide groups is 1. The number of para-hydroxylation sites is 1. The fourth-order valence-corrected chi connectivity index (χ4v) is 3.17. The highest BCUT2D eigenvalue weighted by Crippen LogP contribution is 2.23. The predicted molar refractivity (Wildman–Crippen MR) is 103 cm³/mol. The van der Waals surface area contributed by atoms with Crippen molar-refractivity contribution in [1.82, 2.24) is 20.2 Å². The Kier molecular flexibility index (Phi) is 5.69. The van der Waals surface area contributed by atoms with Crippen LogP contribution in [0.25, 0.3) is 10.9 Å². The average Bonchev–Trinajstić information content (AvgIpc) is 2.68. The first-order valence-electron chi connectivity index (χ1n) is 8.94. The van der Waals surface area contributed by atoms with Crippen molar-refractivity contribution in [2.75, 3.05) is 18.4 Å². The Bertz CT molecular complexity index is 1080. The maximum Gasteiger partial charge on any atom is 0.262 e. The molecule has 11 nitrogen and oxygen atoms in total. The van der Waals surface area contributed by atoms with E-state index in [1.807, 2.05) is 0 Å². The van der Waals surface area contributed by atoms with Gasteiger partial charge in [-0.05, 0) is 25.5 Å². The molecule has 1 aliphatic rings. The van der Waals surface area contributed by atoms with E-state index in [-0.39, 0.29) is 48.6 Å². The number of nitrogens with two attached hydrogens (primary N) is 1. The first-order valence-corrected chi connectivity index (χ1v) is 8.94. The van der Waals surface area contributed by atoms with Gasteiger partial charge in [0.05, 0.1) is 24.2 Å². The quantitative estimate of drug-likeness (QED) is 0.453. The van der Waals surface area contributed by atoms with Gasteiger partial charge in [-0.2, -0.15) is 0 Å². The van der Waals surface area contributed by atoms with Gasteiger partial charge in [-0.25, -0.2) is 4.98 Å². The van der Waals surface area contributed by atoms with Gasteiger partial charge in [-0.15, -0.1) is 0 Å². The zero-order valence-corrected chi connectivity index (χ0v) is 15.7. The molecule has 1 saturated heterocycles. The number of aromatic nitrogens is 2. The zero-order valence-electron chi connectivity index (χ0n) is 15.7. The Balaban J connectivity index is 1.95. The standard InChI is InChI=1S/C18H20N6O5/c1-9-21-16-10(18(29)24(9)12-5-6-13(25)23-17(12)28)3-2-4-11(16)22-15(27)8-20-14(26)7-19/h2-4,12H,5-8,19H2,1H3,(H,20,26)(H,22,27)(H,23,25,28). The molecule has 1 aromatic carbocycles. The largest absolute Gasteiger partial charge is 0.346 e. The highest BCUT2D eigenvalue weighted by molar-refractivity contribution is 6.02. The van der Waals surface area contributed by atoms with Gasteiger partial charge >= 0.3 is 0 Å². The van der Waals surface area contributed by atoms with Crippen molar-refractivity contribution >= 4 is 40.2 Å². The van der Waals surface area contributed by atoms with Gasteiger partial charge in [0.1, 0.15) is 17.4 Å². The minimum Gasteiger partial charge on any atom is -0.346 e. The van der Waals surface area contributed by atoms with E-state index in [1.54, 1.807) is 25.1 Å². The Hall–Kier alpha value is -3.60. The third-order valence-corrected chi connectivity index (χ3v) is 4.53. The van der Waals surface area contributed by atoms with Crippen molar-refractivity contribution < 1.29 is 19.2 Å². The summed E-state index contributed by atoms with van der Waals surface area (Å²) < 4.78 is 1.26. The Morgan fingerprint density at radius 3 is 2.72 bits per heavy atom. The molecule has 152 valence electrons. The number of hydrogen-bond donors (Lipinski definition) is 4. The summed E-state index contributed by atoms with van der Waals surface area (Å²) in [5.74, 6) is -1.63. The summed E-state index contributed by atoms with van der Waals surface area (Å²) >= 11 is 0. The van der Waals surface area contributed by atoms with Gasteiger partial charge in [0, 0.05) is 6.42 Å². The van der Waals surface area contributed by atoms with Crippen LogP contribution < -0.4 is 27.2 Å². The molecule has 4 amide bonds. The average molecular weight is 400 g/mol. The molecule has 1 unspecified atom stereocenters. The second kappa shape index (κ2) is 8.19. The first kappa shape index (κ1) is 20.1. The monoisotopic (exact) mass is 400 g/mol. The Morgan fingerprint density at radius 1 is 1.28 bits per heavy atom. The van der Waals surface area contributed by atoms with Crippen molar-refractivity contribution in [3.63, 3.8) is 0 Å². The van der Waals surface area contributed by atoms with Crippen LogP contribution in [0.1, 0.15) is 24.7 Å². The number of aryl methyl sites for hydroxylation is 1. The summed E-state index contributed by atoms with van der Waals surface area (Å²) in [5.41, 5.74) is 5.28. The number of hydrogen-bond acceptors (Lipinski definition) is 7. The SMILES string of the molecule is Cc1nc2c(NC(=O)CNC(=O)CN)cccc2c(=O)n1C1CCC(=O)NC1=O. The molecular weight excluding hydrogens is 380 g/mol. The zero-order chi connectivity index (χ0) is 21.1. The Morgan fingerprint density at radius 2 is 2.03 bits per heavy atom. The molecule has 0 aliphatic carbocycles. The van der Waals surface area contributed by atoms with Gasteiger partial charge in [0.15, 0.2) is 0 Å². The van der Waals surface area contributed by atoms with Crippen molar-refractivity contribution in [1.29, 1.82) is 0 Å². The second-order valence-corrected chi connectivity index (χ2v) is 6.53. The lowest BCUT2D eigenvalue weighted by Crippen LogP contribution is -2.45. The summed E-state index contributed by atoms with van der Waals surface area (Å²) in [4.78, 5) is 64.3. The molecule has 2 aromatic rings. The fraction of sp³-hybridized carbons (Fsp3) is 0.333. The van der Waals surface area contributed by atoms with Crippen LogP contribution in [0.5, 0.6) is 0 Å². The number of fused-ring (bicyclic) bond motifs is 1. The summed E-state index contributed by atoms with van der Waals surface area (Å²) in [6, 6.07) is 3.86. The Labute approximate surface area is 164 Å². The van der Waals surface area contributed by atoms with E-state index in [0.717, 1.165) is 0 Å². The number of nitrogens with one attached hydrogen (secondary N) is 3. The first-order chi connectivity index (χ1) is 13.8. The van der Waals surface area contributed by atoms with E-state index in [1.165, 1.54) is 4.57 Å². The molecule has 0 saturated carbocycles. The van der Waals surface area contributed by atoms with Crippen LogP contribution in [0.15, 0.2) is 23.0 Å². The van der Waals surface area contributed by atoms with Gasteiger partial charge in [0.25, 0.3) is 5.56 Å². The minimum absolute atomic E-state index is 0.130. The van der Waals surface area contributed by atoms with Crippen LogP contribution in [-0.4, -0.2) is 46.3 Å². The van der Waals surface area contributed by atoms with Gasteiger partial charge in [-0.1, -0.05) is 6.07 Å². The molecule has 1 aliphatic heterocycles. The number of piperidine rings is 1. The van der Waals surface area contributed by atoms with E-state index in [4.69, 9.17) is 5.73 Å². The van der Waals surface area contributed by atoms with Gasteiger partial charge in [-0.3, -0.25) is 33.9 Å². The molecule has 3 rings (SSSR count). The third kappa shape index (κ3) is 4.14. The van der Waals surface area contributed by atoms with Crippen molar-refractivity contribution in [3.05, 3.63) is 34.4 Å². The summed E-state index contributed by atoms with van der Waals surface area (Å²) in [7, 11) is 0. The van der Waals surface area contributed by atoms with Crippen molar-refractivity contribution in [3.8, 4) is 0 Å². The topological polar surface area (TPSA) is 165 Å². The highest BCUT2D eigenvalue weighted by Gasteiger charge is 2.30. The van der Waals surface area contributed by atoms with Gasteiger partial charge < -0.3 is 16.4 Å². The maximum absolute atomic E-state index is 13.0. The number of rotatable bonds is 5. The number of anilines is 1. The van der Waals surface area contributed by atoms with E-state index < -0.39 is 29.3 Å². The highest BCUT2D eigenvalue weighted by atomic mass is 16.2. The molecule has 0 radical (unpaired) electrons. The van der Waals surface area contributed by atoms with Crippen LogP contribution in [0.3, 0.4) is 0 Å². The van der Waals surface area contributed by atoms with Crippen LogP contribution in [0.4, 0.5) is 5.69 Å². The molecule has 29 heavy (non-hydrogen) atoms. The molecule has 0 bridgehead atoms. The van der Waals surface area contributed by atoms with Gasteiger partial charge in [0.2, 0.25) is 23.6 Å². The number of carbonyl (C=O) groups is 4. The molecule has 5 N–H and O–H groups in total. The van der Waals surface area contributed by atoms with E-state index in [2.05, 4.69) is 20.9 Å². The summed E-state index contributed by atoms with van der Waals surface area (Å²) in [6.45, 7) is 1.06. The minimum atomic E-state index is -0.832. The smallest absolute Gasteiger partial charge is 0.262 e. The molecule has 11 heteroatoms. The molecule has 2 heterocycles. The molecule has 1 aromatic heterocycles.